The Kier molecular flexibility index (Phi) is 9.83. The Balaban J connectivity index is 2.49. The molecule has 0 spiro atoms. The normalized spacial score (nSPS) is 11.8. The van der Waals surface area contributed by atoms with Crippen LogP contribution in [-0.2, 0) is 5.41 Å². The quantitative estimate of drug-likeness (QED) is 0.266. The molecule has 0 atom stereocenters. The number of hydrogen-bond donors (Lipinski definition) is 0. The Bertz CT molecular complexity index is 389. The Morgan fingerprint density at radius 1 is 0.952 bits per heavy atom. The van der Waals surface area contributed by atoms with Gasteiger partial charge in [0.15, 0.2) is 0 Å². The van der Waals surface area contributed by atoms with Crippen LogP contribution in [0.2, 0.25) is 0 Å². The molecule has 3 heteroatoms. The van der Waals surface area contributed by atoms with Crippen molar-refractivity contribution in [1.82, 2.24) is 0 Å². The van der Waals surface area contributed by atoms with Gasteiger partial charge >= 0.3 is 0 Å². The number of alkyl halides is 2. The van der Waals surface area contributed by atoms with Crippen LogP contribution in [0.15, 0.2) is 24.3 Å². The largest absolute Gasteiger partial charge is 0.207 e. The van der Waals surface area contributed by atoms with Gasteiger partial charge in [-0.1, -0.05) is 95.9 Å². The summed E-state index contributed by atoms with van der Waals surface area (Å²) in [4.78, 5) is 0. The lowest BCUT2D eigenvalue weighted by Crippen LogP contribution is -2.30. The predicted molar refractivity (Wildman–Crippen MR) is 98.3 cm³/mol. The molecular weight excluding hydrogens is 395 g/mol. The molecule has 0 nitrogen and oxygen atoms in total. The molecule has 0 amide bonds. The van der Waals surface area contributed by atoms with Gasteiger partial charge in [-0.25, -0.2) is 4.39 Å². The van der Waals surface area contributed by atoms with Crippen LogP contribution in [0, 0.1) is 5.82 Å². The van der Waals surface area contributed by atoms with Gasteiger partial charge in [-0.05, 0) is 24.1 Å². The van der Waals surface area contributed by atoms with Crippen molar-refractivity contribution in [3.05, 3.63) is 35.6 Å². The standard InChI is InChI=1S/C18H27Br2F/c1-2-3-4-5-6-7-8-12-18(14-19,15-20)16-10-9-11-17(21)13-16/h9-11,13H,2-8,12,14-15H2,1H3. The van der Waals surface area contributed by atoms with Crippen LogP contribution in [0.4, 0.5) is 4.39 Å². The van der Waals surface area contributed by atoms with E-state index in [1.165, 1.54) is 51.0 Å². The molecule has 0 fully saturated rings. The van der Waals surface area contributed by atoms with E-state index in [4.69, 9.17) is 0 Å². The fourth-order valence-corrected chi connectivity index (χ4v) is 4.84. The Labute approximate surface area is 146 Å². The minimum atomic E-state index is -0.140. The smallest absolute Gasteiger partial charge is 0.123 e. The Morgan fingerprint density at radius 3 is 2.14 bits per heavy atom. The van der Waals surface area contributed by atoms with Gasteiger partial charge in [-0.15, -0.1) is 0 Å². The zero-order valence-corrected chi connectivity index (χ0v) is 16.2. The van der Waals surface area contributed by atoms with E-state index >= 15 is 0 Å². The second-order valence-corrected chi connectivity index (χ2v) is 7.05. The molecule has 1 aromatic rings. The maximum atomic E-state index is 13.5. The van der Waals surface area contributed by atoms with Gasteiger partial charge in [0.2, 0.25) is 0 Å². The van der Waals surface area contributed by atoms with Crippen molar-refractivity contribution in [2.45, 2.75) is 63.7 Å². The fraction of sp³-hybridized carbons (Fsp3) is 0.667. The minimum absolute atomic E-state index is 0.00547. The van der Waals surface area contributed by atoms with Crippen LogP contribution in [0.3, 0.4) is 0 Å². The number of benzene rings is 1. The maximum Gasteiger partial charge on any atom is 0.123 e. The topological polar surface area (TPSA) is 0 Å². The van der Waals surface area contributed by atoms with E-state index in [-0.39, 0.29) is 11.2 Å². The molecule has 0 radical (unpaired) electrons. The molecule has 0 unspecified atom stereocenters. The second-order valence-electron chi connectivity index (χ2n) is 5.93. The van der Waals surface area contributed by atoms with Crippen molar-refractivity contribution in [3.8, 4) is 0 Å². The minimum Gasteiger partial charge on any atom is -0.207 e. The number of unbranched alkanes of at least 4 members (excludes halogenated alkanes) is 6. The van der Waals surface area contributed by atoms with Gasteiger partial charge in [-0.2, -0.15) is 0 Å². The van der Waals surface area contributed by atoms with E-state index < -0.39 is 0 Å². The average molecular weight is 422 g/mol. The number of rotatable bonds is 11. The lowest BCUT2D eigenvalue weighted by Gasteiger charge is -2.31. The average Bonchev–Trinajstić information content (AvgIpc) is 2.51. The van der Waals surface area contributed by atoms with E-state index in [0.717, 1.165) is 22.6 Å². The molecule has 1 aromatic carbocycles. The summed E-state index contributed by atoms with van der Waals surface area (Å²) in [5.41, 5.74) is 1.10. The number of hydrogen-bond acceptors (Lipinski definition) is 0. The number of halogens is 3. The summed E-state index contributed by atoms with van der Waals surface area (Å²) in [5, 5.41) is 1.73. The monoisotopic (exact) mass is 420 g/mol. The second kappa shape index (κ2) is 10.8. The van der Waals surface area contributed by atoms with Crippen molar-refractivity contribution < 1.29 is 4.39 Å². The van der Waals surface area contributed by atoms with Crippen molar-refractivity contribution in [2.24, 2.45) is 0 Å². The molecule has 120 valence electrons. The first kappa shape index (κ1) is 19.2. The molecule has 0 saturated carbocycles. The van der Waals surface area contributed by atoms with Crippen molar-refractivity contribution >= 4 is 31.9 Å². The van der Waals surface area contributed by atoms with E-state index in [1.54, 1.807) is 6.07 Å². The zero-order chi connectivity index (χ0) is 15.6. The summed E-state index contributed by atoms with van der Waals surface area (Å²) in [6, 6.07) is 7.07. The lowest BCUT2D eigenvalue weighted by atomic mass is 9.80. The van der Waals surface area contributed by atoms with E-state index in [1.807, 2.05) is 12.1 Å². The molecule has 0 aromatic heterocycles. The van der Waals surface area contributed by atoms with Crippen LogP contribution in [0.1, 0.15) is 63.9 Å². The molecule has 0 saturated heterocycles. The van der Waals surface area contributed by atoms with Crippen LogP contribution in [-0.4, -0.2) is 10.7 Å². The van der Waals surface area contributed by atoms with Crippen LogP contribution < -0.4 is 0 Å². The molecule has 0 N–H and O–H groups in total. The summed E-state index contributed by atoms with van der Waals surface area (Å²) in [7, 11) is 0. The van der Waals surface area contributed by atoms with Crippen LogP contribution >= 0.6 is 31.9 Å². The molecule has 1 rings (SSSR count). The Morgan fingerprint density at radius 2 is 1.57 bits per heavy atom. The molecule has 0 aliphatic carbocycles. The Hall–Kier alpha value is 0.110. The fourth-order valence-electron chi connectivity index (χ4n) is 2.71. The zero-order valence-electron chi connectivity index (χ0n) is 13.0. The van der Waals surface area contributed by atoms with Crippen molar-refractivity contribution in [3.63, 3.8) is 0 Å². The van der Waals surface area contributed by atoms with Crippen molar-refractivity contribution in [1.29, 1.82) is 0 Å². The van der Waals surface area contributed by atoms with Gasteiger partial charge in [-0.3, -0.25) is 0 Å². The summed E-state index contributed by atoms with van der Waals surface area (Å²) < 4.78 is 13.5. The first-order valence-electron chi connectivity index (χ1n) is 8.06. The summed E-state index contributed by atoms with van der Waals surface area (Å²) >= 11 is 7.29. The van der Waals surface area contributed by atoms with Gasteiger partial charge in [0.05, 0.1) is 0 Å². The highest BCUT2D eigenvalue weighted by molar-refractivity contribution is 9.09. The highest BCUT2D eigenvalue weighted by Crippen LogP contribution is 2.34. The SMILES string of the molecule is CCCCCCCCCC(CBr)(CBr)c1cccc(F)c1. The summed E-state index contributed by atoms with van der Waals surface area (Å²) in [5.74, 6) is -0.140. The maximum absolute atomic E-state index is 13.5. The third-order valence-corrected chi connectivity index (χ3v) is 6.35. The summed E-state index contributed by atoms with van der Waals surface area (Å²) in [6.07, 6.45) is 10.3. The molecular formula is C18H27Br2F. The lowest BCUT2D eigenvalue weighted by molar-refractivity contribution is 0.457. The van der Waals surface area contributed by atoms with E-state index in [2.05, 4.69) is 38.8 Å². The van der Waals surface area contributed by atoms with Gasteiger partial charge in [0.1, 0.15) is 5.82 Å². The third-order valence-electron chi connectivity index (χ3n) is 4.21. The molecule has 0 bridgehead atoms. The molecule has 0 heterocycles. The molecule has 0 aliphatic rings. The molecule has 0 aliphatic heterocycles. The van der Waals surface area contributed by atoms with E-state index in [0.29, 0.717) is 0 Å². The van der Waals surface area contributed by atoms with Gasteiger partial charge in [0, 0.05) is 16.1 Å². The highest BCUT2D eigenvalue weighted by Gasteiger charge is 2.29. The van der Waals surface area contributed by atoms with Crippen LogP contribution in [0.25, 0.3) is 0 Å². The summed E-state index contributed by atoms with van der Waals surface area (Å²) in [6.45, 7) is 2.25. The van der Waals surface area contributed by atoms with E-state index in [9.17, 15) is 4.39 Å². The first-order valence-corrected chi connectivity index (χ1v) is 10.3. The third kappa shape index (κ3) is 6.40. The highest BCUT2D eigenvalue weighted by atomic mass is 79.9. The van der Waals surface area contributed by atoms with Crippen molar-refractivity contribution in [2.75, 3.05) is 10.7 Å². The first-order chi connectivity index (χ1) is 10.2. The predicted octanol–water partition coefficient (Wildman–Crippen LogP) is 6.99. The molecule has 21 heavy (non-hydrogen) atoms. The van der Waals surface area contributed by atoms with Crippen LogP contribution in [0.5, 0.6) is 0 Å². The van der Waals surface area contributed by atoms with Gasteiger partial charge in [0.25, 0.3) is 0 Å². The van der Waals surface area contributed by atoms with Gasteiger partial charge < -0.3 is 0 Å².